The minimum absolute atomic E-state index is 0.229. The summed E-state index contributed by atoms with van der Waals surface area (Å²) in [5, 5.41) is 0. The molecule has 168 valence electrons. The average Bonchev–Trinajstić information content (AvgIpc) is 2.74. The molecule has 3 aromatic carbocycles. The van der Waals surface area contributed by atoms with E-state index in [0.29, 0.717) is 13.2 Å². The van der Waals surface area contributed by atoms with E-state index in [1.165, 1.54) is 5.56 Å². The molecule has 0 bridgehead atoms. The van der Waals surface area contributed by atoms with E-state index in [2.05, 4.69) is 36.4 Å². The molecular formula is C27H31NO3S. The van der Waals surface area contributed by atoms with E-state index in [9.17, 15) is 4.79 Å². The fourth-order valence-corrected chi connectivity index (χ4v) is 4.08. The van der Waals surface area contributed by atoms with Gasteiger partial charge in [0.05, 0.1) is 11.4 Å². The fourth-order valence-electron chi connectivity index (χ4n) is 3.12. The molecule has 0 amide bonds. The smallest absolute Gasteiger partial charge is 0.320 e. The number of esters is 1. The summed E-state index contributed by atoms with van der Waals surface area (Å²) in [6, 6.07) is 26.9. The molecule has 0 spiro atoms. The number of benzene rings is 3. The number of carbonyl (C=O) groups is 1. The molecule has 0 unspecified atom stereocenters. The van der Waals surface area contributed by atoms with Gasteiger partial charge < -0.3 is 9.47 Å². The van der Waals surface area contributed by atoms with Crippen molar-refractivity contribution < 1.29 is 14.3 Å². The third-order valence-electron chi connectivity index (χ3n) is 4.57. The second kappa shape index (κ2) is 11.2. The Balaban J connectivity index is 1.67. The van der Waals surface area contributed by atoms with Crippen LogP contribution in [0.15, 0.2) is 88.7 Å². The molecule has 3 rings (SSSR count). The van der Waals surface area contributed by atoms with Gasteiger partial charge in [0.25, 0.3) is 0 Å². The minimum Gasteiger partial charge on any atom is -0.491 e. The Kier molecular flexibility index (Phi) is 8.37. The van der Waals surface area contributed by atoms with Crippen molar-refractivity contribution in [2.45, 2.75) is 36.2 Å². The summed E-state index contributed by atoms with van der Waals surface area (Å²) in [5.41, 5.74) is 1.85. The van der Waals surface area contributed by atoms with E-state index in [0.717, 1.165) is 21.1 Å². The summed E-state index contributed by atoms with van der Waals surface area (Å²) >= 11 is 1.69. The summed E-state index contributed by atoms with van der Waals surface area (Å²) in [4.78, 5) is 16.2. The summed E-state index contributed by atoms with van der Waals surface area (Å²) < 4.78 is 11.5. The summed E-state index contributed by atoms with van der Waals surface area (Å²) in [6.07, 6.45) is 0. The Morgan fingerprint density at radius 2 is 1.56 bits per heavy atom. The van der Waals surface area contributed by atoms with Crippen LogP contribution in [0, 0.1) is 0 Å². The van der Waals surface area contributed by atoms with Crippen LogP contribution in [0.5, 0.6) is 5.75 Å². The molecule has 0 saturated heterocycles. The topological polar surface area (TPSA) is 38.8 Å². The van der Waals surface area contributed by atoms with Crippen LogP contribution < -0.4 is 4.74 Å². The third-order valence-corrected chi connectivity index (χ3v) is 5.62. The van der Waals surface area contributed by atoms with Gasteiger partial charge in [0, 0.05) is 11.4 Å². The molecular weight excluding hydrogens is 418 g/mol. The van der Waals surface area contributed by atoms with Crippen LogP contribution in [-0.2, 0) is 9.53 Å². The molecule has 0 N–H and O–H groups in total. The minimum atomic E-state index is -0.474. The van der Waals surface area contributed by atoms with Crippen LogP contribution >= 0.6 is 11.8 Å². The summed E-state index contributed by atoms with van der Waals surface area (Å²) in [6.45, 7) is 6.96. The third kappa shape index (κ3) is 7.74. The monoisotopic (exact) mass is 449 g/mol. The second-order valence-corrected chi connectivity index (χ2v) is 9.73. The molecule has 0 aliphatic heterocycles. The average molecular weight is 450 g/mol. The predicted octanol–water partition coefficient (Wildman–Crippen LogP) is 6.16. The van der Waals surface area contributed by atoms with Crippen LogP contribution in [0.3, 0.4) is 0 Å². The molecule has 0 aliphatic rings. The van der Waals surface area contributed by atoms with E-state index in [1.807, 2.05) is 75.2 Å². The number of hydrogen-bond donors (Lipinski definition) is 0. The first kappa shape index (κ1) is 23.9. The summed E-state index contributed by atoms with van der Waals surface area (Å²) in [5.74, 6) is 0.608. The molecule has 3 aromatic rings. The number of hydrogen-bond acceptors (Lipinski definition) is 5. The molecule has 0 aliphatic carbocycles. The Morgan fingerprint density at radius 3 is 2.22 bits per heavy atom. The molecule has 0 fully saturated rings. The van der Waals surface area contributed by atoms with Crippen LogP contribution in [0.25, 0.3) is 11.1 Å². The fraction of sp³-hybridized carbons (Fsp3) is 0.296. The van der Waals surface area contributed by atoms with E-state index >= 15 is 0 Å². The zero-order valence-corrected chi connectivity index (χ0v) is 20.0. The van der Waals surface area contributed by atoms with Crippen molar-refractivity contribution in [1.82, 2.24) is 4.90 Å². The van der Waals surface area contributed by atoms with Gasteiger partial charge in [-0.05, 0) is 63.2 Å². The van der Waals surface area contributed by atoms with Crippen molar-refractivity contribution in [3.8, 4) is 16.9 Å². The molecule has 5 heteroatoms. The van der Waals surface area contributed by atoms with Crippen molar-refractivity contribution in [2.75, 3.05) is 26.7 Å². The van der Waals surface area contributed by atoms with Gasteiger partial charge in [-0.25, -0.2) is 0 Å². The van der Waals surface area contributed by atoms with Gasteiger partial charge in [0.1, 0.15) is 18.0 Å². The molecule has 0 heterocycles. The Bertz CT molecular complexity index is 1000. The lowest BCUT2D eigenvalue weighted by molar-refractivity contribution is -0.155. The normalized spacial score (nSPS) is 11.4. The predicted molar refractivity (Wildman–Crippen MR) is 131 cm³/mol. The Morgan fingerprint density at radius 1 is 0.906 bits per heavy atom. The molecule has 0 aromatic heterocycles. The standard InChI is InChI=1S/C27H31NO3S/c1-27(2,3)31-26(29)20-28(4)17-18-30-24-16-15-22(21-11-7-5-8-12-21)19-25(24)32-23-13-9-6-10-14-23/h5-16,19H,17-18,20H2,1-4H3. The quantitative estimate of drug-likeness (QED) is 0.366. The summed E-state index contributed by atoms with van der Waals surface area (Å²) in [7, 11) is 1.89. The van der Waals surface area contributed by atoms with Crippen LogP contribution in [0.4, 0.5) is 0 Å². The Hall–Kier alpha value is -2.76. The van der Waals surface area contributed by atoms with E-state index < -0.39 is 5.60 Å². The highest BCUT2D eigenvalue weighted by atomic mass is 32.2. The van der Waals surface area contributed by atoms with Gasteiger partial charge >= 0.3 is 5.97 Å². The van der Waals surface area contributed by atoms with Gasteiger partial charge in [-0.15, -0.1) is 0 Å². The molecule has 4 nitrogen and oxygen atoms in total. The first-order valence-electron chi connectivity index (χ1n) is 10.8. The number of nitrogens with zero attached hydrogens (tertiary/aromatic N) is 1. The molecule has 32 heavy (non-hydrogen) atoms. The van der Waals surface area contributed by atoms with Crippen molar-refractivity contribution in [3.63, 3.8) is 0 Å². The van der Waals surface area contributed by atoms with Gasteiger partial charge in [-0.1, -0.05) is 66.4 Å². The SMILES string of the molecule is CN(CCOc1ccc(-c2ccccc2)cc1Sc1ccccc1)CC(=O)OC(C)(C)C. The van der Waals surface area contributed by atoms with E-state index in [4.69, 9.17) is 9.47 Å². The number of likely N-dealkylation sites (N-methyl/N-ethyl adjacent to an activating group) is 1. The van der Waals surface area contributed by atoms with Gasteiger partial charge in [-0.2, -0.15) is 0 Å². The number of carbonyl (C=O) groups excluding carboxylic acids is 1. The van der Waals surface area contributed by atoms with Crippen LogP contribution in [0.1, 0.15) is 20.8 Å². The maximum absolute atomic E-state index is 12.0. The number of ether oxygens (including phenoxy) is 2. The maximum atomic E-state index is 12.0. The van der Waals surface area contributed by atoms with E-state index in [-0.39, 0.29) is 12.5 Å². The Labute approximate surface area is 195 Å². The lowest BCUT2D eigenvalue weighted by atomic mass is 10.1. The van der Waals surface area contributed by atoms with Gasteiger partial charge in [0.15, 0.2) is 0 Å². The highest BCUT2D eigenvalue weighted by molar-refractivity contribution is 7.99. The lowest BCUT2D eigenvalue weighted by Crippen LogP contribution is -2.34. The molecule has 0 saturated carbocycles. The second-order valence-electron chi connectivity index (χ2n) is 8.62. The maximum Gasteiger partial charge on any atom is 0.320 e. The zero-order valence-electron chi connectivity index (χ0n) is 19.2. The first-order valence-corrected chi connectivity index (χ1v) is 11.6. The molecule has 0 radical (unpaired) electrons. The molecule has 0 atom stereocenters. The first-order chi connectivity index (χ1) is 15.3. The van der Waals surface area contributed by atoms with Crippen molar-refractivity contribution in [3.05, 3.63) is 78.9 Å². The highest BCUT2D eigenvalue weighted by Gasteiger charge is 2.17. The lowest BCUT2D eigenvalue weighted by Gasteiger charge is -2.22. The van der Waals surface area contributed by atoms with Crippen molar-refractivity contribution in [2.24, 2.45) is 0 Å². The highest BCUT2D eigenvalue weighted by Crippen LogP contribution is 2.37. The largest absolute Gasteiger partial charge is 0.491 e. The van der Waals surface area contributed by atoms with E-state index in [1.54, 1.807) is 11.8 Å². The van der Waals surface area contributed by atoms with Gasteiger partial charge in [0.2, 0.25) is 0 Å². The van der Waals surface area contributed by atoms with Crippen LogP contribution in [-0.4, -0.2) is 43.2 Å². The number of rotatable bonds is 9. The van der Waals surface area contributed by atoms with Gasteiger partial charge in [-0.3, -0.25) is 9.69 Å². The van der Waals surface area contributed by atoms with Crippen molar-refractivity contribution >= 4 is 17.7 Å². The zero-order chi connectivity index (χ0) is 23.0. The van der Waals surface area contributed by atoms with Crippen LogP contribution in [0.2, 0.25) is 0 Å². The van der Waals surface area contributed by atoms with Crippen molar-refractivity contribution in [1.29, 1.82) is 0 Å².